The summed E-state index contributed by atoms with van der Waals surface area (Å²) in [5.74, 6) is 0.00923. The Hall–Kier alpha value is 0.470. The Morgan fingerprint density at radius 2 is 1.32 bits per heavy atom. The summed E-state index contributed by atoms with van der Waals surface area (Å²) in [6.07, 6.45) is 14.4. The fraction of sp³-hybridized carbons (Fsp3) is 0.938. The molecule has 110 valence electrons. The third-order valence-corrected chi connectivity index (χ3v) is 3.59. The van der Waals surface area contributed by atoms with Gasteiger partial charge in [-0.25, -0.2) is 0 Å². The van der Waals surface area contributed by atoms with Crippen LogP contribution in [0.3, 0.4) is 0 Å². The summed E-state index contributed by atoms with van der Waals surface area (Å²) in [5.41, 5.74) is 0. The topological polar surface area (TPSA) is 26.3 Å². The summed E-state index contributed by atoms with van der Waals surface area (Å²) in [6, 6.07) is 0. The van der Waals surface area contributed by atoms with Crippen LogP contribution in [-0.4, -0.2) is 42.6 Å². The molecule has 0 aliphatic rings. The van der Waals surface area contributed by atoms with E-state index in [0.717, 1.165) is 12.8 Å². The molecule has 1 unspecified atom stereocenters. The number of hydrogen-bond donors (Lipinski definition) is 0. The maximum absolute atomic E-state index is 11.2. The van der Waals surface area contributed by atoms with Crippen molar-refractivity contribution >= 4 is 35.5 Å². The number of unbranched alkanes of at least 4 members (excludes halogenated alkanes) is 9. The molecule has 0 aliphatic heterocycles. The van der Waals surface area contributed by atoms with E-state index in [0.29, 0.717) is 0 Å². The summed E-state index contributed by atoms with van der Waals surface area (Å²) in [5, 5.41) is 0. The van der Waals surface area contributed by atoms with Crippen molar-refractivity contribution in [2.45, 2.75) is 84.5 Å². The second-order valence-electron chi connectivity index (χ2n) is 5.39. The summed E-state index contributed by atoms with van der Waals surface area (Å²) in [4.78, 5) is 11.2. The molecular weight excluding hydrogens is 247 g/mol. The molecule has 0 aliphatic carbocycles. The van der Waals surface area contributed by atoms with Crippen molar-refractivity contribution in [3.05, 3.63) is 0 Å². The van der Waals surface area contributed by atoms with E-state index < -0.39 is 0 Å². The molecule has 2 nitrogen and oxygen atoms in total. The average molecular weight is 280 g/mol. The number of hydrogen-bond acceptors (Lipinski definition) is 2. The number of rotatable bonds is 12. The van der Waals surface area contributed by atoms with Gasteiger partial charge in [0.25, 0.3) is 0 Å². The molecule has 0 spiro atoms. The van der Waals surface area contributed by atoms with Crippen LogP contribution < -0.4 is 0 Å². The van der Waals surface area contributed by atoms with Gasteiger partial charge in [0, 0.05) is 0 Å². The third kappa shape index (κ3) is 14.7. The molecule has 0 fully saturated rings. The average Bonchev–Trinajstić information content (AvgIpc) is 2.39. The minimum atomic E-state index is -0.0640. The van der Waals surface area contributed by atoms with Gasteiger partial charge >= 0.3 is 35.5 Å². The van der Waals surface area contributed by atoms with Crippen LogP contribution in [0, 0.1) is 5.92 Å². The standard InChI is InChI=1S/C16H32O2.Na.H/c1-4-5-6-7-8-9-10-11-12-13-14-15(2)16(17)18-3;;/h15H,4-14H2,1-3H3;;. The Balaban J connectivity index is 0. The summed E-state index contributed by atoms with van der Waals surface area (Å²) >= 11 is 0. The number of ether oxygens (including phenoxy) is 1. The summed E-state index contributed by atoms with van der Waals surface area (Å²) in [6.45, 7) is 4.22. The molecule has 19 heavy (non-hydrogen) atoms. The van der Waals surface area contributed by atoms with Gasteiger partial charge in [-0.2, -0.15) is 0 Å². The molecule has 1 atom stereocenters. The van der Waals surface area contributed by atoms with Crippen LogP contribution >= 0.6 is 0 Å². The first kappa shape index (κ1) is 21.8. The fourth-order valence-electron chi connectivity index (χ4n) is 2.26. The van der Waals surface area contributed by atoms with E-state index in [4.69, 9.17) is 4.74 Å². The molecule has 0 aromatic carbocycles. The Morgan fingerprint density at radius 1 is 0.895 bits per heavy atom. The van der Waals surface area contributed by atoms with E-state index in [2.05, 4.69) is 6.92 Å². The molecule has 0 heterocycles. The van der Waals surface area contributed by atoms with Gasteiger partial charge in [0.15, 0.2) is 0 Å². The van der Waals surface area contributed by atoms with Gasteiger partial charge in [0.1, 0.15) is 0 Å². The van der Waals surface area contributed by atoms with Crippen molar-refractivity contribution < 1.29 is 9.53 Å². The van der Waals surface area contributed by atoms with Crippen molar-refractivity contribution in [1.82, 2.24) is 0 Å². The fourth-order valence-corrected chi connectivity index (χ4v) is 2.26. The van der Waals surface area contributed by atoms with Crippen LogP contribution in [0.15, 0.2) is 0 Å². The monoisotopic (exact) mass is 280 g/mol. The van der Waals surface area contributed by atoms with Crippen molar-refractivity contribution in [3.8, 4) is 0 Å². The molecule has 0 N–H and O–H groups in total. The van der Waals surface area contributed by atoms with Gasteiger partial charge in [-0.1, -0.05) is 78.1 Å². The molecule has 0 rings (SSSR count). The minimum absolute atomic E-state index is 0. The van der Waals surface area contributed by atoms with Crippen LogP contribution in [-0.2, 0) is 9.53 Å². The van der Waals surface area contributed by atoms with Gasteiger partial charge in [0.05, 0.1) is 13.0 Å². The maximum atomic E-state index is 11.2. The zero-order chi connectivity index (χ0) is 13.6. The molecule has 0 radical (unpaired) electrons. The molecule has 0 aromatic rings. The normalized spacial score (nSPS) is 11.7. The predicted octanol–water partition coefficient (Wildman–Crippen LogP) is 4.46. The Labute approximate surface area is 142 Å². The first-order chi connectivity index (χ1) is 8.72. The zero-order valence-corrected chi connectivity index (χ0v) is 12.7. The van der Waals surface area contributed by atoms with Crippen molar-refractivity contribution in [3.63, 3.8) is 0 Å². The van der Waals surface area contributed by atoms with Gasteiger partial charge in [-0.15, -0.1) is 0 Å². The quantitative estimate of drug-likeness (QED) is 0.300. The second-order valence-corrected chi connectivity index (χ2v) is 5.39. The SMILES string of the molecule is CCCCCCCCCCCCC(C)C(=O)OC.[NaH]. The second kappa shape index (κ2) is 16.5. The Morgan fingerprint density at radius 3 is 1.74 bits per heavy atom. The van der Waals surface area contributed by atoms with E-state index in [1.807, 2.05) is 6.92 Å². The molecule has 0 amide bonds. The van der Waals surface area contributed by atoms with E-state index in [1.54, 1.807) is 0 Å². The van der Waals surface area contributed by atoms with Crippen molar-refractivity contribution in [2.75, 3.05) is 7.11 Å². The van der Waals surface area contributed by atoms with Gasteiger partial charge < -0.3 is 4.74 Å². The van der Waals surface area contributed by atoms with Crippen molar-refractivity contribution in [1.29, 1.82) is 0 Å². The summed E-state index contributed by atoms with van der Waals surface area (Å²) in [7, 11) is 1.47. The van der Waals surface area contributed by atoms with Crippen LogP contribution in [0.5, 0.6) is 0 Å². The number of carbonyl (C=O) groups excluding carboxylic acids is 1. The first-order valence-corrected chi connectivity index (χ1v) is 7.80. The first-order valence-electron chi connectivity index (χ1n) is 7.80. The predicted molar refractivity (Wildman–Crippen MR) is 84.8 cm³/mol. The number of carbonyl (C=O) groups is 1. The van der Waals surface area contributed by atoms with Crippen LogP contribution in [0.2, 0.25) is 0 Å². The molecule has 0 saturated heterocycles. The van der Waals surface area contributed by atoms with E-state index in [1.165, 1.54) is 64.9 Å². The van der Waals surface area contributed by atoms with E-state index in [-0.39, 0.29) is 41.4 Å². The van der Waals surface area contributed by atoms with Gasteiger partial charge in [-0.3, -0.25) is 4.79 Å². The Bertz CT molecular complexity index is 195. The van der Waals surface area contributed by atoms with E-state index in [9.17, 15) is 4.79 Å². The van der Waals surface area contributed by atoms with Crippen molar-refractivity contribution in [2.24, 2.45) is 5.92 Å². The molecule has 0 saturated carbocycles. The Kier molecular flexibility index (Phi) is 18.9. The number of esters is 1. The molecular formula is C16H33NaO2. The van der Waals surface area contributed by atoms with Gasteiger partial charge in [-0.05, 0) is 6.42 Å². The molecule has 3 heteroatoms. The van der Waals surface area contributed by atoms with Gasteiger partial charge in [0.2, 0.25) is 0 Å². The number of methoxy groups -OCH3 is 1. The zero-order valence-electron chi connectivity index (χ0n) is 12.7. The van der Waals surface area contributed by atoms with E-state index >= 15 is 0 Å². The summed E-state index contributed by atoms with van der Waals surface area (Å²) < 4.78 is 4.72. The van der Waals surface area contributed by atoms with Crippen LogP contribution in [0.25, 0.3) is 0 Å². The third-order valence-electron chi connectivity index (χ3n) is 3.59. The van der Waals surface area contributed by atoms with Crippen LogP contribution in [0.1, 0.15) is 84.5 Å². The molecule has 0 aromatic heterocycles. The molecule has 0 bridgehead atoms. The van der Waals surface area contributed by atoms with Crippen LogP contribution in [0.4, 0.5) is 0 Å².